The third-order valence-corrected chi connectivity index (χ3v) is 3.87. The quantitative estimate of drug-likeness (QED) is 0.846. The van der Waals surface area contributed by atoms with Gasteiger partial charge in [0.15, 0.2) is 0 Å². The molecule has 1 atom stereocenters. The van der Waals surface area contributed by atoms with E-state index in [2.05, 4.69) is 5.32 Å². The van der Waals surface area contributed by atoms with Crippen LogP contribution in [0.4, 0.5) is 26.3 Å². The maximum absolute atomic E-state index is 13.0. The van der Waals surface area contributed by atoms with Gasteiger partial charge in [0.1, 0.15) is 0 Å². The molecular weight excluding hydrogens is 336 g/mol. The zero-order chi connectivity index (χ0) is 18.0. The lowest BCUT2D eigenvalue weighted by Crippen LogP contribution is -2.45. The smallest absolute Gasteiger partial charge is 0.314 e. The van der Waals surface area contributed by atoms with Gasteiger partial charge in [0.25, 0.3) is 0 Å². The van der Waals surface area contributed by atoms with Gasteiger partial charge in [-0.05, 0) is 23.8 Å². The molecule has 1 aromatic rings. The van der Waals surface area contributed by atoms with E-state index in [1.165, 1.54) is 0 Å². The molecule has 1 aliphatic heterocycles. The zero-order valence-electron chi connectivity index (χ0n) is 12.5. The summed E-state index contributed by atoms with van der Waals surface area (Å²) in [7, 11) is 0. The number of halogens is 6. The zero-order valence-corrected chi connectivity index (χ0v) is 12.5. The summed E-state index contributed by atoms with van der Waals surface area (Å²) in [5, 5.41) is 12.0. The van der Waals surface area contributed by atoms with Crippen LogP contribution in [0.5, 0.6) is 0 Å². The number of nitrogens with one attached hydrogen (secondary N) is 1. The maximum atomic E-state index is 13.0. The predicted molar refractivity (Wildman–Crippen MR) is 73.9 cm³/mol. The Balaban J connectivity index is 2.50. The molecule has 9 heteroatoms. The number of hydrogen-bond donors (Lipinski definition) is 1. The second-order valence-corrected chi connectivity index (χ2v) is 5.50. The molecule has 2 rings (SSSR count). The minimum absolute atomic E-state index is 0.102. The molecular formula is C15H15F6N3. The number of piperazine rings is 1. The summed E-state index contributed by atoms with van der Waals surface area (Å²) in [5.41, 5.74) is -2.85. The highest BCUT2D eigenvalue weighted by Gasteiger charge is 2.38. The second-order valence-electron chi connectivity index (χ2n) is 5.50. The highest BCUT2D eigenvalue weighted by atomic mass is 19.4. The third kappa shape index (κ3) is 4.39. The first-order chi connectivity index (χ1) is 11.1. The molecule has 0 spiro atoms. The summed E-state index contributed by atoms with van der Waals surface area (Å²) in [6, 6.07) is 2.57. The van der Waals surface area contributed by atoms with E-state index in [9.17, 15) is 26.3 Å². The first-order valence-corrected chi connectivity index (χ1v) is 7.24. The molecule has 1 aliphatic rings. The SMILES string of the molecule is N#CC[C@@H](c1cc(C(F)(F)F)cc(C(F)(F)F)c1)N1CCNCC1. The molecule has 1 fully saturated rings. The highest BCUT2D eigenvalue weighted by Crippen LogP contribution is 2.38. The minimum Gasteiger partial charge on any atom is -0.314 e. The molecule has 1 aromatic carbocycles. The lowest BCUT2D eigenvalue weighted by Gasteiger charge is -2.34. The molecule has 0 aromatic heterocycles. The highest BCUT2D eigenvalue weighted by molar-refractivity contribution is 5.35. The van der Waals surface area contributed by atoms with E-state index in [1.807, 2.05) is 6.07 Å². The normalized spacial score (nSPS) is 18.2. The number of nitriles is 1. The molecule has 0 aliphatic carbocycles. The van der Waals surface area contributed by atoms with Crippen molar-refractivity contribution in [1.29, 1.82) is 5.26 Å². The topological polar surface area (TPSA) is 39.1 Å². The maximum Gasteiger partial charge on any atom is 0.416 e. The van der Waals surface area contributed by atoms with Crippen LogP contribution in [0.3, 0.4) is 0 Å². The van der Waals surface area contributed by atoms with Crippen molar-refractivity contribution in [2.24, 2.45) is 0 Å². The molecule has 0 unspecified atom stereocenters. The third-order valence-electron chi connectivity index (χ3n) is 3.87. The van der Waals surface area contributed by atoms with Gasteiger partial charge in [-0.3, -0.25) is 4.90 Å². The largest absolute Gasteiger partial charge is 0.416 e. The van der Waals surface area contributed by atoms with Gasteiger partial charge in [-0.1, -0.05) is 0 Å². The number of nitrogens with zero attached hydrogens (tertiary/aromatic N) is 2. The summed E-state index contributed by atoms with van der Waals surface area (Å²) in [6.45, 7) is 2.02. The molecule has 0 radical (unpaired) electrons. The summed E-state index contributed by atoms with van der Waals surface area (Å²) in [4.78, 5) is 1.73. The number of hydrogen-bond acceptors (Lipinski definition) is 3. The Labute approximate surface area is 134 Å². The lowest BCUT2D eigenvalue weighted by molar-refractivity contribution is -0.143. The summed E-state index contributed by atoms with van der Waals surface area (Å²) in [5.74, 6) is 0. The first kappa shape index (κ1) is 18.5. The number of rotatable bonds is 3. The molecule has 1 saturated heterocycles. The summed E-state index contributed by atoms with van der Waals surface area (Å²) in [6.07, 6.45) is -9.97. The van der Waals surface area contributed by atoms with E-state index in [1.54, 1.807) is 4.90 Å². The van der Waals surface area contributed by atoms with Crippen LogP contribution in [0.25, 0.3) is 0 Å². The fourth-order valence-corrected chi connectivity index (χ4v) is 2.71. The molecule has 132 valence electrons. The fourth-order valence-electron chi connectivity index (χ4n) is 2.71. The van der Waals surface area contributed by atoms with Crippen molar-refractivity contribution in [2.45, 2.75) is 24.8 Å². The molecule has 3 nitrogen and oxygen atoms in total. The van der Waals surface area contributed by atoms with Crippen molar-refractivity contribution >= 4 is 0 Å². The van der Waals surface area contributed by atoms with Gasteiger partial charge in [-0.15, -0.1) is 0 Å². The van der Waals surface area contributed by atoms with Crippen molar-refractivity contribution in [3.05, 3.63) is 34.9 Å². The van der Waals surface area contributed by atoms with Crippen molar-refractivity contribution in [3.63, 3.8) is 0 Å². The molecule has 0 amide bonds. The van der Waals surface area contributed by atoms with Gasteiger partial charge >= 0.3 is 12.4 Å². The number of alkyl halides is 6. The van der Waals surface area contributed by atoms with Crippen LogP contribution >= 0.6 is 0 Å². The Bertz CT molecular complexity index is 579. The lowest BCUT2D eigenvalue weighted by atomic mass is 9.96. The van der Waals surface area contributed by atoms with E-state index in [4.69, 9.17) is 5.26 Å². The first-order valence-electron chi connectivity index (χ1n) is 7.24. The van der Waals surface area contributed by atoms with Crippen molar-refractivity contribution < 1.29 is 26.3 Å². The van der Waals surface area contributed by atoms with E-state index >= 15 is 0 Å². The fraction of sp³-hybridized carbons (Fsp3) is 0.533. The molecule has 1 heterocycles. The Morgan fingerprint density at radius 2 is 1.50 bits per heavy atom. The average Bonchev–Trinajstić information content (AvgIpc) is 2.51. The van der Waals surface area contributed by atoms with Gasteiger partial charge in [0.2, 0.25) is 0 Å². The second kappa shape index (κ2) is 6.99. The average molecular weight is 351 g/mol. The van der Waals surface area contributed by atoms with Crippen LogP contribution in [0.1, 0.15) is 29.2 Å². The van der Waals surface area contributed by atoms with E-state index in [-0.39, 0.29) is 18.1 Å². The van der Waals surface area contributed by atoms with E-state index in [0.29, 0.717) is 38.3 Å². The van der Waals surface area contributed by atoms with Gasteiger partial charge in [0.05, 0.1) is 23.6 Å². The van der Waals surface area contributed by atoms with Crippen molar-refractivity contribution in [2.75, 3.05) is 26.2 Å². The monoisotopic (exact) mass is 351 g/mol. The predicted octanol–water partition coefficient (Wildman–Crippen LogP) is 3.58. The Hall–Kier alpha value is -1.79. The van der Waals surface area contributed by atoms with Gasteiger partial charge in [0, 0.05) is 32.2 Å². The van der Waals surface area contributed by atoms with E-state index in [0.717, 1.165) is 0 Å². The minimum atomic E-state index is -4.89. The summed E-state index contributed by atoms with van der Waals surface area (Å²) < 4.78 is 77.8. The Morgan fingerprint density at radius 1 is 1.00 bits per heavy atom. The van der Waals surface area contributed by atoms with Crippen LogP contribution in [-0.2, 0) is 12.4 Å². The Kier molecular flexibility index (Phi) is 5.40. The molecule has 1 N–H and O–H groups in total. The molecule has 0 bridgehead atoms. The van der Waals surface area contributed by atoms with Crippen molar-refractivity contribution in [3.8, 4) is 6.07 Å². The number of benzene rings is 1. The van der Waals surface area contributed by atoms with Crippen LogP contribution in [-0.4, -0.2) is 31.1 Å². The van der Waals surface area contributed by atoms with Gasteiger partial charge < -0.3 is 5.32 Å². The van der Waals surface area contributed by atoms with Gasteiger partial charge in [-0.25, -0.2) is 0 Å². The van der Waals surface area contributed by atoms with Crippen LogP contribution in [0.2, 0.25) is 0 Å². The van der Waals surface area contributed by atoms with Crippen LogP contribution < -0.4 is 5.32 Å². The van der Waals surface area contributed by atoms with Crippen molar-refractivity contribution in [1.82, 2.24) is 10.2 Å². The van der Waals surface area contributed by atoms with Crippen LogP contribution in [0.15, 0.2) is 18.2 Å². The standard InChI is InChI=1S/C15H15F6N3/c16-14(17,18)11-7-10(8-12(9-11)15(19,20)21)13(1-2-22)24-5-3-23-4-6-24/h7-9,13,23H,1,3-6H2/t13-/m0/s1. The van der Waals surface area contributed by atoms with Crippen LogP contribution in [0, 0.1) is 11.3 Å². The van der Waals surface area contributed by atoms with E-state index < -0.39 is 29.5 Å². The molecule has 0 saturated carbocycles. The van der Waals surface area contributed by atoms with Gasteiger partial charge in [-0.2, -0.15) is 31.6 Å². The molecule has 24 heavy (non-hydrogen) atoms. The Morgan fingerprint density at radius 3 is 1.92 bits per heavy atom. The summed E-state index contributed by atoms with van der Waals surface area (Å²) >= 11 is 0.